The Balaban J connectivity index is 0. The Morgan fingerprint density at radius 1 is 1.00 bits per heavy atom. The van der Waals surface area contributed by atoms with Gasteiger partial charge in [-0.05, 0) is 23.2 Å². The van der Waals surface area contributed by atoms with Gasteiger partial charge in [-0.25, -0.2) is 0 Å². The first kappa shape index (κ1) is 12.6. The molecule has 0 aliphatic carbocycles. The smallest absolute Gasteiger partial charge is 0.222 e. The molecule has 0 spiro atoms. The second-order valence-corrected chi connectivity index (χ2v) is 2.05. The molecule has 0 fully saturated rings. The van der Waals surface area contributed by atoms with Crippen LogP contribution < -0.4 is 0 Å². The fourth-order valence-electron chi connectivity index (χ4n) is 0.197. The second-order valence-electron chi connectivity index (χ2n) is 1.21. The van der Waals surface area contributed by atoms with E-state index in [1.807, 2.05) is 0 Å². The molecule has 0 aliphatic rings. The quantitative estimate of drug-likeness (QED) is 0.475. The summed E-state index contributed by atoms with van der Waals surface area (Å²) in [5, 5.41) is -1.06. The van der Waals surface area contributed by atoms with Crippen LogP contribution in [0.25, 0.3) is 0 Å². The van der Waals surface area contributed by atoms with E-state index < -0.39 is 10.5 Å². The number of hydrogen-bond donors (Lipinski definition) is 0. The number of carbonyl (C=O) groups is 2. The summed E-state index contributed by atoms with van der Waals surface area (Å²) in [5.41, 5.74) is 0. The Hall–Kier alpha value is 0.920. The molecule has 0 amide bonds. The van der Waals surface area contributed by atoms with Crippen molar-refractivity contribution in [2.45, 2.75) is 12.8 Å². The van der Waals surface area contributed by atoms with Gasteiger partial charge >= 0.3 is 0 Å². The molecule has 0 atom stereocenters. The summed E-state index contributed by atoms with van der Waals surface area (Å²) >= 11 is 9.74. The van der Waals surface area contributed by atoms with E-state index in [-0.39, 0.29) is 42.4 Å². The van der Waals surface area contributed by atoms with Gasteiger partial charge in [-0.3, -0.25) is 9.59 Å². The van der Waals surface area contributed by atoms with Crippen molar-refractivity contribution in [3.63, 3.8) is 0 Å². The van der Waals surface area contributed by atoms with E-state index in [1.54, 1.807) is 0 Å². The van der Waals surface area contributed by atoms with Gasteiger partial charge < -0.3 is 0 Å². The first-order chi connectivity index (χ1) is 3.63. The molecule has 0 heterocycles. The molecule has 0 saturated heterocycles. The Morgan fingerprint density at radius 2 is 1.22 bits per heavy atom. The molecule has 5 heteroatoms. The molecule has 0 N–H and O–H groups in total. The normalized spacial score (nSPS) is 7.78. The molecular weight excluding hydrogens is 174 g/mol. The van der Waals surface area contributed by atoms with Crippen molar-refractivity contribution < 1.29 is 9.59 Å². The third-order valence-electron chi connectivity index (χ3n) is 0.518. The van der Waals surface area contributed by atoms with Crippen molar-refractivity contribution in [2.75, 3.05) is 0 Å². The van der Waals surface area contributed by atoms with Gasteiger partial charge in [-0.15, -0.1) is 0 Å². The van der Waals surface area contributed by atoms with Gasteiger partial charge in [0.15, 0.2) is 0 Å². The third kappa shape index (κ3) is 12.2. The summed E-state index contributed by atoms with van der Waals surface area (Å²) in [6.07, 6.45) is 0.0633. The van der Waals surface area contributed by atoms with E-state index in [1.165, 1.54) is 0 Å². The number of hydrogen-bond acceptors (Lipinski definition) is 2. The summed E-state index contributed by atoms with van der Waals surface area (Å²) in [6, 6.07) is 0. The van der Waals surface area contributed by atoms with Gasteiger partial charge in [0.25, 0.3) is 0 Å². The van der Waals surface area contributed by atoms with Crippen LogP contribution in [0.5, 0.6) is 0 Å². The van der Waals surface area contributed by atoms with Crippen molar-refractivity contribution >= 4 is 63.2 Å². The predicted octanol–water partition coefficient (Wildman–Crippen LogP) is 0.917. The SMILES string of the molecule is O=C(Cl)CCC(=O)Cl.[Na]. The van der Waals surface area contributed by atoms with Gasteiger partial charge in [0.1, 0.15) is 0 Å². The minimum Gasteiger partial charge on any atom is -0.281 e. The van der Waals surface area contributed by atoms with Crippen LogP contribution in [-0.4, -0.2) is 40.0 Å². The Labute approximate surface area is 85.2 Å². The third-order valence-corrected chi connectivity index (χ3v) is 0.896. The van der Waals surface area contributed by atoms with Crippen LogP contribution >= 0.6 is 23.2 Å². The molecule has 0 bridgehead atoms. The zero-order valence-corrected chi connectivity index (χ0v) is 8.50. The summed E-state index contributed by atoms with van der Waals surface area (Å²) in [7, 11) is 0. The molecule has 47 valence electrons. The average Bonchev–Trinajstić information content (AvgIpc) is 1.61. The zero-order valence-electron chi connectivity index (χ0n) is 4.99. The van der Waals surface area contributed by atoms with E-state index in [9.17, 15) is 9.59 Å². The topological polar surface area (TPSA) is 34.1 Å². The van der Waals surface area contributed by atoms with E-state index in [4.69, 9.17) is 23.2 Å². The summed E-state index contributed by atoms with van der Waals surface area (Å²) in [4.78, 5) is 19.8. The summed E-state index contributed by atoms with van der Waals surface area (Å²) in [5.74, 6) is 0. The van der Waals surface area contributed by atoms with Crippen molar-refractivity contribution in [1.29, 1.82) is 0 Å². The molecular formula is C4H4Cl2NaO2. The first-order valence-corrected chi connectivity index (χ1v) is 2.75. The largest absolute Gasteiger partial charge is 0.281 e. The maximum Gasteiger partial charge on any atom is 0.222 e. The Bertz CT molecular complexity index is 101. The van der Waals surface area contributed by atoms with Crippen molar-refractivity contribution in [1.82, 2.24) is 0 Å². The Morgan fingerprint density at radius 3 is 1.33 bits per heavy atom. The molecule has 0 aromatic carbocycles. The fraction of sp³-hybridized carbons (Fsp3) is 0.500. The average molecular weight is 178 g/mol. The number of carbonyl (C=O) groups excluding carboxylic acids is 2. The molecule has 0 unspecified atom stereocenters. The number of rotatable bonds is 3. The predicted molar refractivity (Wildman–Crippen MR) is 36.7 cm³/mol. The second kappa shape index (κ2) is 7.03. The van der Waals surface area contributed by atoms with Crippen LogP contribution in [0.3, 0.4) is 0 Å². The Kier molecular flexibility index (Phi) is 9.83. The van der Waals surface area contributed by atoms with Crippen molar-refractivity contribution in [3.05, 3.63) is 0 Å². The van der Waals surface area contributed by atoms with E-state index in [0.29, 0.717) is 0 Å². The molecule has 0 saturated carbocycles. The summed E-state index contributed by atoms with van der Waals surface area (Å²) < 4.78 is 0. The van der Waals surface area contributed by atoms with Gasteiger partial charge in [-0.1, -0.05) is 0 Å². The van der Waals surface area contributed by atoms with Crippen LogP contribution in [0.2, 0.25) is 0 Å². The maximum atomic E-state index is 9.90. The molecule has 2 nitrogen and oxygen atoms in total. The van der Waals surface area contributed by atoms with Crippen LogP contribution in [0.1, 0.15) is 12.8 Å². The minimum atomic E-state index is -0.529. The zero-order chi connectivity index (χ0) is 6.57. The molecule has 9 heavy (non-hydrogen) atoms. The minimum absolute atomic E-state index is 0. The fourth-order valence-corrected chi connectivity index (χ4v) is 0.386. The maximum absolute atomic E-state index is 9.90. The standard InChI is InChI=1S/C4H4Cl2O2.Na/c5-3(7)1-2-4(6)8;/h1-2H2;. The van der Waals surface area contributed by atoms with E-state index in [2.05, 4.69) is 0 Å². The van der Waals surface area contributed by atoms with Crippen LogP contribution in [0.15, 0.2) is 0 Å². The van der Waals surface area contributed by atoms with Gasteiger partial charge in [-0.2, -0.15) is 0 Å². The molecule has 0 aliphatic heterocycles. The van der Waals surface area contributed by atoms with Crippen LogP contribution in [0, 0.1) is 0 Å². The molecule has 0 rings (SSSR count). The molecule has 0 aromatic heterocycles. The summed E-state index contributed by atoms with van der Waals surface area (Å²) in [6.45, 7) is 0. The van der Waals surface area contributed by atoms with Gasteiger partial charge in [0.2, 0.25) is 10.5 Å². The monoisotopic (exact) mass is 177 g/mol. The molecule has 1 radical (unpaired) electrons. The van der Waals surface area contributed by atoms with Crippen molar-refractivity contribution in [3.8, 4) is 0 Å². The number of halogens is 2. The van der Waals surface area contributed by atoms with Crippen LogP contribution in [0.4, 0.5) is 0 Å². The molecule has 0 aromatic rings. The van der Waals surface area contributed by atoms with Gasteiger partial charge in [0.05, 0.1) is 0 Å². The van der Waals surface area contributed by atoms with E-state index >= 15 is 0 Å². The first-order valence-electron chi connectivity index (χ1n) is 1.99. The van der Waals surface area contributed by atoms with E-state index in [0.717, 1.165) is 0 Å². The van der Waals surface area contributed by atoms with Gasteiger partial charge in [0, 0.05) is 42.4 Å². The van der Waals surface area contributed by atoms with Crippen molar-refractivity contribution in [2.24, 2.45) is 0 Å². The van der Waals surface area contributed by atoms with Crippen LogP contribution in [-0.2, 0) is 9.59 Å².